The zero-order chi connectivity index (χ0) is 19.9. The number of likely N-dealkylation sites (tertiary alicyclic amines) is 1. The van der Waals surface area contributed by atoms with Gasteiger partial charge in [0.25, 0.3) is 5.91 Å². The van der Waals surface area contributed by atoms with Gasteiger partial charge in [0, 0.05) is 17.6 Å². The van der Waals surface area contributed by atoms with Crippen molar-refractivity contribution in [2.24, 2.45) is 0 Å². The van der Waals surface area contributed by atoms with Gasteiger partial charge >= 0.3 is 5.97 Å². The summed E-state index contributed by atoms with van der Waals surface area (Å²) in [5.41, 5.74) is 1.15. The van der Waals surface area contributed by atoms with Gasteiger partial charge in [-0.25, -0.2) is 4.79 Å². The molecule has 1 aliphatic rings. The number of esters is 1. The molecule has 2 atom stereocenters. The Labute approximate surface area is 166 Å². The van der Waals surface area contributed by atoms with Crippen molar-refractivity contribution >= 4 is 11.9 Å². The van der Waals surface area contributed by atoms with Crippen LogP contribution in [0.4, 0.5) is 0 Å². The number of hydrogen-bond acceptors (Lipinski definition) is 4. The van der Waals surface area contributed by atoms with Crippen molar-refractivity contribution in [3.05, 3.63) is 65.7 Å². The highest BCUT2D eigenvalue weighted by Crippen LogP contribution is 2.23. The summed E-state index contributed by atoms with van der Waals surface area (Å²) in [5, 5.41) is 0. The van der Waals surface area contributed by atoms with Gasteiger partial charge in [0.2, 0.25) is 0 Å². The predicted molar refractivity (Wildman–Crippen MR) is 107 cm³/mol. The van der Waals surface area contributed by atoms with Crippen LogP contribution in [0.15, 0.2) is 54.6 Å². The van der Waals surface area contributed by atoms with Crippen LogP contribution in [0.3, 0.4) is 0 Å². The smallest absolute Gasteiger partial charge is 0.339 e. The summed E-state index contributed by atoms with van der Waals surface area (Å²) in [6, 6.07) is 16.9. The number of ether oxygens (including phenoxy) is 2. The normalized spacial score (nSPS) is 19.1. The van der Waals surface area contributed by atoms with E-state index in [1.807, 2.05) is 61.2 Å². The molecule has 1 saturated heterocycles. The van der Waals surface area contributed by atoms with Gasteiger partial charge in [-0.3, -0.25) is 4.79 Å². The molecule has 3 rings (SSSR count). The van der Waals surface area contributed by atoms with E-state index in [2.05, 4.69) is 0 Å². The highest BCUT2D eigenvalue weighted by Gasteiger charge is 2.29. The van der Waals surface area contributed by atoms with Gasteiger partial charge in [-0.05, 0) is 51.3 Å². The van der Waals surface area contributed by atoms with Crippen LogP contribution >= 0.6 is 0 Å². The summed E-state index contributed by atoms with van der Waals surface area (Å²) in [5.74, 6) is 0.0953. The third-order valence-corrected chi connectivity index (χ3v) is 5.18. The molecular weight excluding hydrogens is 354 g/mol. The second kappa shape index (κ2) is 9.40. The molecule has 0 spiro atoms. The minimum atomic E-state index is -0.502. The summed E-state index contributed by atoms with van der Waals surface area (Å²) in [6.45, 7) is 4.11. The number of benzene rings is 2. The number of piperidine rings is 1. The number of nitrogens with zero attached hydrogens (tertiary/aromatic N) is 1. The molecule has 5 nitrogen and oxygen atoms in total. The molecule has 2 aromatic rings. The van der Waals surface area contributed by atoms with Gasteiger partial charge in [-0.15, -0.1) is 0 Å². The van der Waals surface area contributed by atoms with Crippen LogP contribution in [0, 0.1) is 0 Å². The van der Waals surface area contributed by atoms with E-state index >= 15 is 0 Å². The number of carbonyl (C=O) groups excluding carboxylic acids is 2. The maximum Gasteiger partial charge on any atom is 0.339 e. The molecule has 2 aromatic carbocycles. The summed E-state index contributed by atoms with van der Waals surface area (Å²) < 4.78 is 11.1. The zero-order valence-electron chi connectivity index (χ0n) is 16.5. The van der Waals surface area contributed by atoms with E-state index in [-0.39, 0.29) is 31.2 Å². The first-order chi connectivity index (χ1) is 13.6. The first-order valence-corrected chi connectivity index (χ1v) is 9.80. The lowest BCUT2D eigenvalue weighted by atomic mass is 9.97. The van der Waals surface area contributed by atoms with E-state index in [1.54, 1.807) is 12.1 Å². The lowest BCUT2D eigenvalue weighted by Gasteiger charge is -2.38. The Bertz CT molecular complexity index is 795. The number of carbonyl (C=O) groups is 2. The van der Waals surface area contributed by atoms with Crippen LogP contribution in [0.2, 0.25) is 0 Å². The quantitative estimate of drug-likeness (QED) is 0.704. The molecule has 1 fully saturated rings. The number of rotatable bonds is 6. The molecule has 1 heterocycles. The van der Waals surface area contributed by atoms with E-state index in [0.29, 0.717) is 5.56 Å². The van der Waals surface area contributed by atoms with Crippen LogP contribution in [-0.4, -0.2) is 35.5 Å². The average Bonchev–Trinajstić information content (AvgIpc) is 2.71. The van der Waals surface area contributed by atoms with E-state index in [9.17, 15) is 9.59 Å². The minimum absolute atomic E-state index is 0.133. The molecule has 0 unspecified atom stereocenters. The molecule has 5 heteroatoms. The Morgan fingerprint density at radius 2 is 1.61 bits per heavy atom. The SMILES string of the molecule is C[C@@H]1CCC[C@H](C)N1C(=O)COC(=O)c1ccccc1COc1ccccc1. The molecule has 0 bridgehead atoms. The molecule has 148 valence electrons. The summed E-state index contributed by atoms with van der Waals surface area (Å²) in [6.07, 6.45) is 3.11. The monoisotopic (exact) mass is 381 g/mol. The predicted octanol–water partition coefficient (Wildman–Crippen LogP) is 4.21. The van der Waals surface area contributed by atoms with E-state index in [0.717, 1.165) is 30.6 Å². The zero-order valence-corrected chi connectivity index (χ0v) is 16.5. The Hall–Kier alpha value is -2.82. The van der Waals surface area contributed by atoms with Crippen molar-refractivity contribution in [3.8, 4) is 5.75 Å². The second-order valence-corrected chi connectivity index (χ2v) is 7.26. The lowest BCUT2D eigenvalue weighted by Crippen LogP contribution is -2.49. The number of para-hydroxylation sites is 1. The van der Waals surface area contributed by atoms with Crippen molar-refractivity contribution in [1.29, 1.82) is 0 Å². The fourth-order valence-corrected chi connectivity index (χ4v) is 3.72. The van der Waals surface area contributed by atoms with Gasteiger partial charge in [0.05, 0.1) is 5.56 Å². The van der Waals surface area contributed by atoms with Crippen LogP contribution in [0.1, 0.15) is 49.0 Å². The standard InChI is InChI=1S/C23H27NO4/c1-17-9-8-10-18(2)24(17)22(25)16-28-23(26)21-14-7-6-11-19(21)15-27-20-12-4-3-5-13-20/h3-7,11-14,17-18H,8-10,15-16H2,1-2H3/t17-,18+. The van der Waals surface area contributed by atoms with Gasteiger partial charge < -0.3 is 14.4 Å². The Morgan fingerprint density at radius 1 is 0.964 bits per heavy atom. The number of amides is 1. The molecule has 28 heavy (non-hydrogen) atoms. The highest BCUT2D eigenvalue weighted by atomic mass is 16.5. The van der Waals surface area contributed by atoms with E-state index in [1.165, 1.54) is 0 Å². The van der Waals surface area contributed by atoms with Crippen molar-refractivity contribution in [2.45, 2.75) is 51.8 Å². The van der Waals surface area contributed by atoms with Crippen LogP contribution in [0.25, 0.3) is 0 Å². The van der Waals surface area contributed by atoms with Crippen LogP contribution < -0.4 is 4.74 Å². The Balaban J connectivity index is 1.60. The summed E-state index contributed by atoms with van der Waals surface area (Å²) in [7, 11) is 0. The van der Waals surface area contributed by atoms with Gasteiger partial charge in [-0.2, -0.15) is 0 Å². The molecule has 1 aliphatic heterocycles. The molecule has 0 aromatic heterocycles. The Kier molecular flexibility index (Phi) is 6.69. The molecule has 0 saturated carbocycles. The topological polar surface area (TPSA) is 55.8 Å². The molecular formula is C23H27NO4. The third kappa shape index (κ3) is 4.91. The second-order valence-electron chi connectivity index (χ2n) is 7.26. The van der Waals surface area contributed by atoms with Crippen molar-refractivity contribution in [1.82, 2.24) is 4.90 Å². The maximum atomic E-state index is 12.6. The molecule has 0 N–H and O–H groups in total. The first kappa shape index (κ1) is 19.9. The minimum Gasteiger partial charge on any atom is -0.489 e. The molecule has 0 radical (unpaired) electrons. The van der Waals surface area contributed by atoms with Crippen molar-refractivity contribution in [2.75, 3.05) is 6.61 Å². The molecule has 1 amide bonds. The lowest BCUT2D eigenvalue weighted by molar-refractivity contribution is -0.140. The van der Waals surface area contributed by atoms with Crippen molar-refractivity contribution < 1.29 is 19.1 Å². The third-order valence-electron chi connectivity index (χ3n) is 5.18. The molecule has 0 aliphatic carbocycles. The van der Waals surface area contributed by atoms with Crippen LogP contribution in [0.5, 0.6) is 5.75 Å². The average molecular weight is 381 g/mol. The first-order valence-electron chi connectivity index (χ1n) is 9.80. The van der Waals surface area contributed by atoms with Gasteiger partial charge in [0.15, 0.2) is 6.61 Å². The summed E-state index contributed by atoms with van der Waals surface area (Å²) in [4.78, 5) is 27.0. The van der Waals surface area contributed by atoms with Gasteiger partial charge in [0.1, 0.15) is 12.4 Å². The highest BCUT2D eigenvalue weighted by molar-refractivity contribution is 5.92. The number of hydrogen-bond donors (Lipinski definition) is 0. The van der Waals surface area contributed by atoms with E-state index in [4.69, 9.17) is 9.47 Å². The van der Waals surface area contributed by atoms with Crippen molar-refractivity contribution in [3.63, 3.8) is 0 Å². The van der Waals surface area contributed by atoms with Crippen LogP contribution in [-0.2, 0) is 16.1 Å². The van der Waals surface area contributed by atoms with E-state index < -0.39 is 5.97 Å². The Morgan fingerprint density at radius 3 is 2.32 bits per heavy atom. The fraction of sp³-hybridized carbons (Fsp3) is 0.391. The van der Waals surface area contributed by atoms with Gasteiger partial charge in [-0.1, -0.05) is 36.4 Å². The maximum absolute atomic E-state index is 12.6. The largest absolute Gasteiger partial charge is 0.489 e. The summed E-state index contributed by atoms with van der Waals surface area (Å²) >= 11 is 0. The fourth-order valence-electron chi connectivity index (χ4n) is 3.72.